The van der Waals surface area contributed by atoms with E-state index in [4.69, 9.17) is 28.2 Å². The van der Waals surface area contributed by atoms with Crippen molar-refractivity contribution >= 4 is 30.5 Å². The first-order valence-corrected chi connectivity index (χ1v) is 20.0. The second-order valence-corrected chi connectivity index (χ2v) is 17.6. The third kappa shape index (κ3) is 11.6. The van der Waals surface area contributed by atoms with Crippen molar-refractivity contribution in [3.05, 3.63) is 54.6 Å². The normalized spacial score (nSPS) is 18.5. The van der Waals surface area contributed by atoms with Gasteiger partial charge in [-0.1, -0.05) is 51.1 Å². The molecule has 2 amide bonds. The Morgan fingerprint density at radius 2 is 1.65 bits per heavy atom. The summed E-state index contributed by atoms with van der Waals surface area (Å²) in [7, 11) is -2.70. The molecule has 4 rings (SSSR count). The van der Waals surface area contributed by atoms with Crippen molar-refractivity contribution in [2.75, 3.05) is 26.9 Å². The summed E-state index contributed by atoms with van der Waals surface area (Å²) in [6.07, 6.45) is -7.02. The zero-order chi connectivity index (χ0) is 40.7. The number of aliphatic hydroxyl groups excluding tert-OH is 1. The molecule has 5 atom stereocenters. The van der Waals surface area contributed by atoms with Crippen LogP contribution in [0, 0.1) is 5.41 Å². The molecule has 2 heterocycles. The number of alkyl halides is 2. The molecular formula is C39H55F2N4O9P. The van der Waals surface area contributed by atoms with Crippen molar-refractivity contribution in [2.45, 2.75) is 110 Å². The van der Waals surface area contributed by atoms with Crippen LogP contribution >= 0.6 is 7.60 Å². The number of carbonyl (C=O) groups excluding carboxylic acids is 2. The Hall–Kier alpha value is -3.88. The molecule has 16 heteroatoms. The van der Waals surface area contributed by atoms with E-state index in [1.54, 1.807) is 66.9 Å². The van der Waals surface area contributed by atoms with Crippen molar-refractivity contribution in [1.82, 2.24) is 20.5 Å². The third-order valence-corrected chi connectivity index (χ3v) is 11.2. The molecule has 0 radical (unpaired) electrons. The van der Waals surface area contributed by atoms with E-state index in [9.17, 15) is 28.0 Å². The van der Waals surface area contributed by atoms with Crippen LogP contribution in [0.5, 0.6) is 11.5 Å². The predicted octanol–water partition coefficient (Wildman–Crippen LogP) is 7.35. The smallest absolute Gasteiger partial charge is 0.408 e. The van der Waals surface area contributed by atoms with Crippen molar-refractivity contribution < 1.29 is 51.3 Å². The minimum atomic E-state index is -4.26. The zero-order valence-corrected chi connectivity index (χ0v) is 33.9. The number of likely N-dealkylation sites (tertiary alicyclic amines) is 1. The number of carbonyl (C=O) groups is 2. The van der Waals surface area contributed by atoms with Crippen LogP contribution in [0.1, 0.15) is 68.2 Å². The maximum Gasteiger partial charge on any atom is 0.408 e. The highest BCUT2D eigenvalue weighted by molar-refractivity contribution is 7.54. The Labute approximate surface area is 321 Å². The number of rotatable bonds is 16. The minimum absolute atomic E-state index is 0.0260. The summed E-state index contributed by atoms with van der Waals surface area (Å²) in [6, 6.07) is 14.5. The highest BCUT2D eigenvalue weighted by Crippen LogP contribution is 2.54. The lowest BCUT2D eigenvalue weighted by molar-refractivity contribution is -0.132. The fraction of sp³-hybridized carbons (Fsp3) is 0.564. The van der Waals surface area contributed by atoms with Crippen LogP contribution in [-0.4, -0.2) is 96.1 Å². The number of halogens is 2. The number of methoxy groups -OCH3 is 1. The van der Waals surface area contributed by atoms with Crippen LogP contribution in [0.2, 0.25) is 0 Å². The van der Waals surface area contributed by atoms with Gasteiger partial charge >= 0.3 is 13.7 Å². The first-order valence-electron chi connectivity index (χ1n) is 18.4. The van der Waals surface area contributed by atoms with Crippen LogP contribution in [0.15, 0.2) is 54.6 Å². The van der Waals surface area contributed by atoms with Gasteiger partial charge in [0, 0.05) is 42.5 Å². The highest BCUT2D eigenvalue weighted by atomic mass is 31.2. The van der Waals surface area contributed by atoms with Gasteiger partial charge in [0.05, 0.1) is 43.6 Å². The van der Waals surface area contributed by atoms with E-state index < -0.39 is 73.7 Å². The van der Waals surface area contributed by atoms with Gasteiger partial charge in [-0.15, -0.1) is 0 Å². The van der Waals surface area contributed by atoms with Crippen molar-refractivity contribution in [1.29, 1.82) is 0 Å². The minimum Gasteiger partial charge on any atom is -0.497 e. The molecular weight excluding hydrogens is 737 g/mol. The van der Waals surface area contributed by atoms with E-state index in [1.165, 1.54) is 18.7 Å². The Balaban J connectivity index is 1.77. The average Bonchev–Trinajstić information content (AvgIpc) is 3.53. The van der Waals surface area contributed by atoms with Gasteiger partial charge in [-0.2, -0.15) is 0 Å². The van der Waals surface area contributed by atoms with E-state index >= 15 is 0 Å². The fourth-order valence-corrected chi connectivity index (χ4v) is 8.29. The number of hydrogen-bond acceptors (Lipinski definition) is 11. The van der Waals surface area contributed by atoms with Gasteiger partial charge < -0.3 is 39.0 Å². The Morgan fingerprint density at radius 3 is 2.22 bits per heavy atom. The van der Waals surface area contributed by atoms with Gasteiger partial charge in [0.2, 0.25) is 12.3 Å². The number of benzene rings is 2. The topological polar surface area (TPSA) is 158 Å². The van der Waals surface area contributed by atoms with Crippen LogP contribution in [0.3, 0.4) is 0 Å². The van der Waals surface area contributed by atoms with Crippen LogP contribution < -0.4 is 20.1 Å². The average molecular weight is 793 g/mol. The van der Waals surface area contributed by atoms with Gasteiger partial charge in [0.1, 0.15) is 35.2 Å². The molecule has 55 heavy (non-hydrogen) atoms. The molecule has 1 fully saturated rings. The molecule has 0 bridgehead atoms. The number of alkyl carbamates (subject to hydrolysis) is 1. The van der Waals surface area contributed by atoms with E-state index in [0.29, 0.717) is 28.1 Å². The standard InChI is InChI=1S/C39H55F2N4O9P/c1-10-51-55(49,52-11-2)33(22-32(40)41)43-35(46)30-20-26(23-45(30)36(47)34(38(3,4)5)44-37(48)54-39(6,7)8)53-31-21-28(24-15-13-12-14-16-24)42-29-19-25(50-9)17-18-27(29)31/h12-19,21,26,30,32-34,36,47H,10-11,20,22-23H2,1-9H3,(H,43,46)(H,44,48)/t26-,30+,33?,34-,36?/m1/s1. The number of amides is 2. The first kappa shape index (κ1) is 43.8. The number of ether oxygens (including phenoxy) is 3. The third-order valence-electron chi connectivity index (χ3n) is 8.90. The molecule has 3 aromatic rings. The van der Waals surface area contributed by atoms with Gasteiger partial charge in [-0.3, -0.25) is 14.3 Å². The quantitative estimate of drug-likeness (QED) is 0.125. The maximum absolute atomic E-state index is 14.3. The molecule has 3 N–H and O–H groups in total. The number of hydrogen-bond donors (Lipinski definition) is 3. The van der Waals surface area contributed by atoms with E-state index in [0.717, 1.165) is 5.56 Å². The molecule has 2 aromatic carbocycles. The van der Waals surface area contributed by atoms with Crippen LogP contribution in [-0.2, 0) is 23.1 Å². The monoisotopic (exact) mass is 792 g/mol. The summed E-state index contributed by atoms with van der Waals surface area (Å²) in [5, 5.41) is 18.0. The predicted molar refractivity (Wildman–Crippen MR) is 205 cm³/mol. The van der Waals surface area contributed by atoms with E-state index in [-0.39, 0.29) is 26.2 Å². The molecule has 1 aliphatic heterocycles. The lowest BCUT2D eigenvalue weighted by Crippen LogP contribution is -2.61. The summed E-state index contributed by atoms with van der Waals surface area (Å²) in [5.41, 5.74) is 0.423. The second kappa shape index (κ2) is 18.4. The number of aromatic nitrogens is 1. The summed E-state index contributed by atoms with van der Waals surface area (Å²) >= 11 is 0. The molecule has 0 spiro atoms. The van der Waals surface area contributed by atoms with Gasteiger partial charge in [-0.05, 0) is 52.2 Å². The van der Waals surface area contributed by atoms with E-state index in [1.807, 2.05) is 36.4 Å². The maximum atomic E-state index is 14.3. The van der Waals surface area contributed by atoms with Gasteiger partial charge in [-0.25, -0.2) is 18.6 Å². The molecule has 0 aliphatic carbocycles. The summed E-state index contributed by atoms with van der Waals surface area (Å²) < 4.78 is 69.9. The number of pyridine rings is 1. The largest absolute Gasteiger partial charge is 0.497 e. The SMILES string of the molecule is CCOP(=O)(OCC)C(CC(F)F)NC(=O)[C@@H]1C[C@@H](Oc2cc(-c3ccccc3)nc3cc(OC)ccc23)CN1C(O)[C@@H](NC(=O)OC(C)(C)C)C(C)(C)C. The number of aliphatic hydroxyl groups is 1. The van der Waals surface area contributed by atoms with Crippen molar-refractivity contribution in [3.63, 3.8) is 0 Å². The Morgan fingerprint density at radius 1 is 1.00 bits per heavy atom. The van der Waals surface area contributed by atoms with Gasteiger partial charge in [0.15, 0.2) is 0 Å². The lowest BCUT2D eigenvalue weighted by Gasteiger charge is -2.41. The Kier molecular flexibility index (Phi) is 14.6. The lowest BCUT2D eigenvalue weighted by atomic mass is 9.85. The van der Waals surface area contributed by atoms with E-state index in [2.05, 4.69) is 10.6 Å². The number of nitrogens with zero attached hydrogens (tertiary/aromatic N) is 2. The molecule has 1 aliphatic rings. The molecule has 0 saturated carbocycles. The summed E-state index contributed by atoms with van der Waals surface area (Å²) in [6.45, 7) is 13.4. The second-order valence-electron chi connectivity index (χ2n) is 15.4. The number of nitrogens with one attached hydrogen (secondary N) is 2. The van der Waals surface area contributed by atoms with Crippen molar-refractivity contribution in [2.24, 2.45) is 5.41 Å². The molecule has 1 saturated heterocycles. The van der Waals surface area contributed by atoms with Crippen LogP contribution in [0.25, 0.3) is 22.2 Å². The van der Waals surface area contributed by atoms with Crippen molar-refractivity contribution in [3.8, 4) is 22.8 Å². The summed E-state index contributed by atoms with van der Waals surface area (Å²) in [4.78, 5) is 33.6. The molecule has 1 aromatic heterocycles. The molecule has 2 unspecified atom stereocenters. The van der Waals surface area contributed by atoms with Gasteiger partial charge in [0.25, 0.3) is 0 Å². The number of fused-ring (bicyclic) bond motifs is 1. The molecule has 13 nitrogen and oxygen atoms in total. The fourth-order valence-electron chi connectivity index (χ4n) is 6.43. The zero-order valence-electron chi connectivity index (χ0n) is 33.0. The Bertz CT molecular complexity index is 1800. The first-order chi connectivity index (χ1) is 25.8. The van der Waals surface area contributed by atoms with Crippen LogP contribution in [0.4, 0.5) is 13.6 Å². The molecule has 304 valence electrons. The highest BCUT2D eigenvalue weighted by Gasteiger charge is 2.48. The summed E-state index contributed by atoms with van der Waals surface area (Å²) in [5.74, 6) is -1.47.